The summed E-state index contributed by atoms with van der Waals surface area (Å²) in [4.78, 5) is 16.5. The second-order valence-electron chi connectivity index (χ2n) is 5.25. The topological polar surface area (TPSA) is 63.2 Å². The van der Waals surface area contributed by atoms with Gasteiger partial charge in [0.2, 0.25) is 0 Å². The number of pyridine rings is 1. The monoisotopic (exact) mass is 313 g/mol. The second-order valence-corrected chi connectivity index (χ2v) is 5.25. The molecule has 5 nitrogen and oxygen atoms in total. The van der Waals surface area contributed by atoms with Gasteiger partial charge in [-0.25, -0.2) is 4.98 Å². The number of hydrogen-bond acceptors (Lipinski definition) is 4. The summed E-state index contributed by atoms with van der Waals surface area (Å²) in [6.07, 6.45) is 5.11. The van der Waals surface area contributed by atoms with E-state index in [4.69, 9.17) is 4.74 Å². The van der Waals surface area contributed by atoms with Crippen LogP contribution in [0.25, 0.3) is 0 Å². The number of methoxy groups -OCH3 is 1. The number of anilines is 2. The Hall–Kier alpha value is -2.56. The molecule has 0 saturated carbocycles. The third-order valence-electron chi connectivity index (χ3n) is 3.46. The molecule has 2 rings (SSSR count). The number of ether oxygens (including phenoxy) is 1. The number of carbonyl (C=O) groups excluding carboxylic acids is 1. The molecular weight excluding hydrogens is 290 g/mol. The average Bonchev–Trinajstić information content (AvgIpc) is 2.60. The van der Waals surface area contributed by atoms with Crippen LogP contribution in [-0.4, -0.2) is 24.5 Å². The maximum atomic E-state index is 12.3. The molecule has 0 fully saturated rings. The van der Waals surface area contributed by atoms with E-state index in [9.17, 15) is 4.79 Å². The first-order chi connectivity index (χ1) is 11.2. The van der Waals surface area contributed by atoms with Crippen molar-refractivity contribution in [3.8, 4) is 5.75 Å². The maximum absolute atomic E-state index is 12.3. The minimum atomic E-state index is -0.158. The van der Waals surface area contributed by atoms with Crippen molar-refractivity contribution >= 4 is 17.4 Å². The molecule has 0 saturated heterocycles. The van der Waals surface area contributed by atoms with Crippen LogP contribution in [-0.2, 0) is 0 Å². The Bertz CT molecular complexity index is 626. The van der Waals surface area contributed by atoms with Crippen LogP contribution in [0.1, 0.15) is 36.5 Å². The molecule has 122 valence electrons. The Morgan fingerprint density at radius 1 is 1.17 bits per heavy atom. The number of carbonyl (C=O) groups is 1. The van der Waals surface area contributed by atoms with Crippen molar-refractivity contribution in [3.63, 3.8) is 0 Å². The van der Waals surface area contributed by atoms with Crippen molar-refractivity contribution in [3.05, 3.63) is 48.2 Å². The molecule has 1 aromatic carbocycles. The molecule has 0 unspecified atom stereocenters. The lowest BCUT2D eigenvalue weighted by atomic mass is 10.2. The van der Waals surface area contributed by atoms with Gasteiger partial charge in [-0.3, -0.25) is 4.79 Å². The van der Waals surface area contributed by atoms with Crippen LogP contribution in [0.2, 0.25) is 0 Å². The molecule has 0 radical (unpaired) electrons. The second kappa shape index (κ2) is 8.78. The van der Waals surface area contributed by atoms with E-state index in [1.807, 2.05) is 24.3 Å². The summed E-state index contributed by atoms with van der Waals surface area (Å²) in [5.41, 5.74) is 1.30. The molecule has 0 aliphatic rings. The highest BCUT2D eigenvalue weighted by Crippen LogP contribution is 2.16. The highest BCUT2D eigenvalue weighted by Gasteiger charge is 2.07. The zero-order chi connectivity index (χ0) is 16.5. The van der Waals surface area contributed by atoms with Crippen LogP contribution < -0.4 is 15.4 Å². The number of unbranched alkanes of at least 4 members (excludes halogenated alkanes) is 2. The SMILES string of the molecule is CCCCCNc1cc(C(=O)Nc2ccc(OC)cc2)ccn1. The fourth-order valence-corrected chi connectivity index (χ4v) is 2.14. The standard InChI is InChI=1S/C18H23N3O2/c1-3-4-5-11-19-17-13-14(10-12-20-17)18(22)21-15-6-8-16(23-2)9-7-15/h6-10,12-13H,3-5,11H2,1-2H3,(H,19,20)(H,21,22). The highest BCUT2D eigenvalue weighted by atomic mass is 16.5. The molecular formula is C18H23N3O2. The van der Waals surface area contributed by atoms with Crippen LogP contribution in [0.5, 0.6) is 5.75 Å². The first-order valence-corrected chi connectivity index (χ1v) is 7.88. The van der Waals surface area contributed by atoms with Crippen LogP contribution in [0, 0.1) is 0 Å². The van der Waals surface area contributed by atoms with E-state index in [0.717, 1.165) is 30.2 Å². The number of amides is 1. The van der Waals surface area contributed by atoms with Gasteiger partial charge in [0, 0.05) is 24.0 Å². The van der Waals surface area contributed by atoms with E-state index in [1.165, 1.54) is 12.8 Å². The Labute approximate surface area is 137 Å². The summed E-state index contributed by atoms with van der Waals surface area (Å²) < 4.78 is 5.10. The third-order valence-corrected chi connectivity index (χ3v) is 3.46. The average molecular weight is 313 g/mol. The van der Waals surface area contributed by atoms with E-state index in [1.54, 1.807) is 25.4 Å². The molecule has 0 atom stereocenters. The molecule has 1 aromatic heterocycles. The lowest BCUT2D eigenvalue weighted by molar-refractivity contribution is 0.102. The van der Waals surface area contributed by atoms with Gasteiger partial charge in [-0.2, -0.15) is 0 Å². The summed E-state index contributed by atoms with van der Waals surface area (Å²) in [5.74, 6) is 1.32. The molecule has 2 aromatic rings. The predicted molar refractivity (Wildman–Crippen MR) is 93.2 cm³/mol. The number of hydrogen-bond donors (Lipinski definition) is 2. The van der Waals surface area contributed by atoms with Crippen molar-refractivity contribution in [2.24, 2.45) is 0 Å². The Morgan fingerprint density at radius 2 is 1.96 bits per heavy atom. The van der Waals surface area contributed by atoms with Crippen molar-refractivity contribution in [1.29, 1.82) is 0 Å². The summed E-state index contributed by atoms with van der Waals surface area (Å²) in [6, 6.07) is 10.7. The van der Waals surface area contributed by atoms with Gasteiger partial charge in [-0.05, 0) is 42.8 Å². The largest absolute Gasteiger partial charge is 0.497 e. The zero-order valence-corrected chi connectivity index (χ0v) is 13.6. The van der Waals surface area contributed by atoms with Crippen molar-refractivity contribution in [2.75, 3.05) is 24.3 Å². The van der Waals surface area contributed by atoms with Crippen LogP contribution in [0.4, 0.5) is 11.5 Å². The number of benzene rings is 1. The summed E-state index contributed by atoms with van der Waals surface area (Å²) >= 11 is 0. The fourth-order valence-electron chi connectivity index (χ4n) is 2.14. The summed E-state index contributed by atoms with van der Waals surface area (Å²) in [5, 5.41) is 6.11. The van der Waals surface area contributed by atoms with Crippen LogP contribution in [0.3, 0.4) is 0 Å². The fraction of sp³-hybridized carbons (Fsp3) is 0.333. The highest BCUT2D eigenvalue weighted by molar-refractivity contribution is 6.04. The number of rotatable bonds is 8. The van der Waals surface area contributed by atoms with Crippen molar-refractivity contribution in [1.82, 2.24) is 4.98 Å². The van der Waals surface area contributed by atoms with Gasteiger partial charge in [0.05, 0.1) is 7.11 Å². The number of nitrogens with one attached hydrogen (secondary N) is 2. The molecule has 0 aliphatic heterocycles. The summed E-state index contributed by atoms with van der Waals surface area (Å²) in [7, 11) is 1.61. The zero-order valence-electron chi connectivity index (χ0n) is 13.6. The van der Waals surface area contributed by atoms with Gasteiger partial charge in [0.1, 0.15) is 11.6 Å². The van der Waals surface area contributed by atoms with Gasteiger partial charge in [-0.15, -0.1) is 0 Å². The normalized spacial score (nSPS) is 10.2. The number of aromatic nitrogens is 1. The van der Waals surface area contributed by atoms with Gasteiger partial charge in [0.15, 0.2) is 0 Å². The van der Waals surface area contributed by atoms with E-state index in [0.29, 0.717) is 5.56 Å². The van der Waals surface area contributed by atoms with E-state index in [2.05, 4.69) is 22.5 Å². The maximum Gasteiger partial charge on any atom is 0.255 e. The lowest BCUT2D eigenvalue weighted by Crippen LogP contribution is -2.13. The van der Waals surface area contributed by atoms with E-state index in [-0.39, 0.29) is 5.91 Å². The quantitative estimate of drug-likeness (QED) is 0.724. The molecule has 0 spiro atoms. The minimum Gasteiger partial charge on any atom is -0.497 e. The smallest absolute Gasteiger partial charge is 0.255 e. The lowest BCUT2D eigenvalue weighted by Gasteiger charge is -2.08. The van der Waals surface area contributed by atoms with E-state index < -0.39 is 0 Å². The third kappa shape index (κ3) is 5.29. The Balaban J connectivity index is 1.95. The predicted octanol–water partition coefficient (Wildman–Crippen LogP) is 3.94. The minimum absolute atomic E-state index is 0.158. The molecule has 1 heterocycles. The van der Waals surface area contributed by atoms with Crippen molar-refractivity contribution in [2.45, 2.75) is 26.2 Å². The molecule has 0 bridgehead atoms. The van der Waals surface area contributed by atoms with Gasteiger partial charge in [-0.1, -0.05) is 19.8 Å². The Kier molecular flexibility index (Phi) is 6.41. The molecule has 2 N–H and O–H groups in total. The van der Waals surface area contributed by atoms with Crippen molar-refractivity contribution < 1.29 is 9.53 Å². The first kappa shape index (κ1) is 16.8. The van der Waals surface area contributed by atoms with Crippen LogP contribution in [0.15, 0.2) is 42.6 Å². The molecule has 0 aliphatic carbocycles. The number of nitrogens with zero attached hydrogens (tertiary/aromatic N) is 1. The van der Waals surface area contributed by atoms with Crippen LogP contribution >= 0.6 is 0 Å². The summed E-state index contributed by atoms with van der Waals surface area (Å²) in [6.45, 7) is 3.03. The van der Waals surface area contributed by atoms with Gasteiger partial charge in [0.25, 0.3) is 5.91 Å². The first-order valence-electron chi connectivity index (χ1n) is 7.88. The molecule has 23 heavy (non-hydrogen) atoms. The molecule has 1 amide bonds. The molecule has 5 heteroatoms. The van der Waals surface area contributed by atoms with Gasteiger partial charge >= 0.3 is 0 Å². The van der Waals surface area contributed by atoms with Gasteiger partial charge < -0.3 is 15.4 Å². The van der Waals surface area contributed by atoms with E-state index >= 15 is 0 Å². The Morgan fingerprint density at radius 3 is 2.65 bits per heavy atom.